The zero-order chi connectivity index (χ0) is 20.3. The van der Waals surface area contributed by atoms with Crippen molar-refractivity contribution >= 4 is 17.9 Å². The minimum atomic E-state index is -0.527. The Morgan fingerprint density at radius 3 is 2.68 bits per heavy atom. The van der Waals surface area contributed by atoms with E-state index in [1.807, 2.05) is 20.8 Å². The molecule has 2 amide bonds. The SMILES string of the molecule is CC(C)(C)OC(=O)NC1CCCN(CC2CN(c3ccc(F)cc3)C(=O)O2)C1. The van der Waals surface area contributed by atoms with Crippen molar-refractivity contribution in [3.63, 3.8) is 0 Å². The summed E-state index contributed by atoms with van der Waals surface area (Å²) in [5.74, 6) is -0.343. The monoisotopic (exact) mass is 393 g/mol. The van der Waals surface area contributed by atoms with Crippen molar-refractivity contribution < 1.29 is 23.5 Å². The summed E-state index contributed by atoms with van der Waals surface area (Å²) in [5.41, 5.74) is 0.0948. The molecule has 2 atom stereocenters. The Hall–Kier alpha value is -2.35. The number of rotatable bonds is 4. The molecule has 3 rings (SSSR count). The van der Waals surface area contributed by atoms with Gasteiger partial charge in [0.25, 0.3) is 0 Å². The molecule has 0 aromatic heterocycles. The number of nitrogens with zero attached hydrogens (tertiary/aromatic N) is 2. The number of carbonyl (C=O) groups excluding carboxylic acids is 2. The number of hydrogen-bond donors (Lipinski definition) is 1. The first-order chi connectivity index (χ1) is 13.2. The molecule has 154 valence electrons. The molecular weight excluding hydrogens is 365 g/mol. The van der Waals surface area contributed by atoms with Crippen LogP contribution in [0.3, 0.4) is 0 Å². The molecule has 2 saturated heterocycles. The van der Waals surface area contributed by atoms with Gasteiger partial charge in [-0.15, -0.1) is 0 Å². The molecule has 8 heteroatoms. The number of alkyl carbamates (subject to hydrolysis) is 1. The zero-order valence-corrected chi connectivity index (χ0v) is 16.6. The molecule has 0 spiro atoms. The van der Waals surface area contributed by atoms with E-state index in [2.05, 4.69) is 10.2 Å². The van der Waals surface area contributed by atoms with Crippen LogP contribution in [0.2, 0.25) is 0 Å². The summed E-state index contributed by atoms with van der Waals surface area (Å²) < 4.78 is 23.9. The Labute approximate surface area is 164 Å². The number of carbonyl (C=O) groups is 2. The Bertz CT molecular complexity index is 704. The van der Waals surface area contributed by atoms with E-state index in [4.69, 9.17) is 9.47 Å². The number of likely N-dealkylation sites (tertiary alicyclic amines) is 1. The smallest absolute Gasteiger partial charge is 0.414 e. The van der Waals surface area contributed by atoms with Crippen LogP contribution in [0.4, 0.5) is 19.7 Å². The molecule has 2 aliphatic rings. The summed E-state index contributed by atoms with van der Waals surface area (Å²) in [6, 6.07) is 5.80. The predicted molar refractivity (Wildman–Crippen MR) is 103 cm³/mol. The fourth-order valence-corrected chi connectivity index (χ4v) is 3.55. The van der Waals surface area contributed by atoms with E-state index in [0.29, 0.717) is 25.3 Å². The van der Waals surface area contributed by atoms with Crippen LogP contribution in [0.15, 0.2) is 24.3 Å². The number of halogens is 1. The van der Waals surface area contributed by atoms with E-state index in [1.54, 1.807) is 12.1 Å². The quantitative estimate of drug-likeness (QED) is 0.851. The molecule has 1 N–H and O–H groups in total. The van der Waals surface area contributed by atoms with Gasteiger partial charge in [0.05, 0.1) is 6.54 Å². The summed E-state index contributed by atoms with van der Waals surface area (Å²) >= 11 is 0. The maximum absolute atomic E-state index is 13.1. The fraction of sp³-hybridized carbons (Fsp3) is 0.600. The lowest BCUT2D eigenvalue weighted by Gasteiger charge is -2.34. The van der Waals surface area contributed by atoms with Gasteiger partial charge in [0.15, 0.2) is 0 Å². The summed E-state index contributed by atoms with van der Waals surface area (Å²) in [7, 11) is 0. The van der Waals surface area contributed by atoms with Crippen molar-refractivity contribution in [2.75, 3.05) is 31.1 Å². The molecule has 1 aromatic rings. The fourth-order valence-electron chi connectivity index (χ4n) is 3.55. The maximum Gasteiger partial charge on any atom is 0.414 e. The molecule has 2 fully saturated rings. The molecule has 1 aromatic carbocycles. The van der Waals surface area contributed by atoms with Gasteiger partial charge in [-0.2, -0.15) is 0 Å². The summed E-state index contributed by atoms with van der Waals surface area (Å²) in [6.07, 6.45) is 0.744. The zero-order valence-electron chi connectivity index (χ0n) is 16.6. The van der Waals surface area contributed by atoms with Gasteiger partial charge >= 0.3 is 12.2 Å². The van der Waals surface area contributed by atoms with Crippen LogP contribution in [-0.2, 0) is 9.47 Å². The number of nitrogens with one attached hydrogen (secondary N) is 1. The highest BCUT2D eigenvalue weighted by molar-refractivity contribution is 5.89. The molecule has 0 radical (unpaired) electrons. The minimum absolute atomic E-state index is 0.00825. The van der Waals surface area contributed by atoms with Gasteiger partial charge in [-0.25, -0.2) is 14.0 Å². The molecule has 2 unspecified atom stereocenters. The molecule has 2 heterocycles. The molecule has 28 heavy (non-hydrogen) atoms. The van der Waals surface area contributed by atoms with Gasteiger partial charge in [-0.1, -0.05) is 0 Å². The lowest BCUT2D eigenvalue weighted by Crippen LogP contribution is -2.50. The predicted octanol–water partition coefficient (Wildman–Crippen LogP) is 3.14. The average molecular weight is 393 g/mol. The second kappa shape index (κ2) is 8.34. The molecule has 0 saturated carbocycles. The molecule has 0 aliphatic carbocycles. The number of piperidine rings is 1. The van der Waals surface area contributed by atoms with Crippen molar-refractivity contribution in [1.82, 2.24) is 10.2 Å². The Morgan fingerprint density at radius 1 is 1.29 bits per heavy atom. The largest absolute Gasteiger partial charge is 0.444 e. The molecule has 2 aliphatic heterocycles. The van der Waals surface area contributed by atoms with E-state index in [0.717, 1.165) is 19.4 Å². The summed E-state index contributed by atoms with van der Waals surface area (Å²) in [5, 5.41) is 2.92. The standard InChI is InChI=1S/C20H28FN3O4/c1-20(2,3)28-18(25)22-15-5-4-10-23(11-15)12-17-13-24(19(26)27-17)16-8-6-14(21)7-9-16/h6-9,15,17H,4-5,10-13H2,1-3H3,(H,22,25). The third kappa shape index (κ3) is 5.58. The van der Waals surface area contributed by atoms with Gasteiger partial charge in [-0.05, 0) is 64.4 Å². The van der Waals surface area contributed by atoms with Crippen molar-refractivity contribution in [2.24, 2.45) is 0 Å². The second-order valence-electron chi connectivity index (χ2n) is 8.34. The highest BCUT2D eigenvalue weighted by Gasteiger charge is 2.34. The Morgan fingerprint density at radius 2 is 2.00 bits per heavy atom. The maximum atomic E-state index is 13.1. The van der Waals surface area contributed by atoms with Gasteiger partial charge < -0.3 is 14.8 Å². The van der Waals surface area contributed by atoms with Crippen molar-refractivity contribution in [1.29, 1.82) is 0 Å². The van der Waals surface area contributed by atoms with Crippen LogP contribution in [0.5, 0.6) is 0 Å². The summed E-state index contributed by atoms with van der Waals surface area (Å²) in [4.78, 5) is 27.9. The number of amides is 2. The van der Waals surface area contributed by atoms with Crippen LogP contribution in [0.1, 0.15) is 33.6 Å². The van der Waals surface area contributed by atoms with Crippen LogP contribution in [-0.4, -0.2) is 61.0 Å². The average Bonchev–Trinajstić information content (AvgIpc) is 2.94. The Balaban J connectivity index is 1.50. The minimum Gasteiger partial charge on any atom is -0.444 e. The van der Waals surface area contributed by atoms with Crippen LogP contribution < -0.4 is 10.2 Å². The van der Waals surface area contributed by atoms with Gasteiger partial charge in [0, 0.05) is 24.8 Å². The number of benzene rings is 1. The summed E-state index contributed by atoms with van der Waals surface area (Å²) in [6.45, 7) is 8.09. The number of hydrogen-bond acceptors (Lipinski definition) is 5. The molecule has 7 nitrogen and oxygen atoms in total. The van der Waals surface area contributed by atoms with E-state index in [-0.39, 0.29) is 18.0 Å². The Kier molecular flexibility index (Phi) is 6.07. The highest BCUT2D eigenvalue weighted by Crippen LogP contribution is 2.23. The topological polar surface area (TPSA) is 71.1 Å². The lowest BCUT2D eigenvalue weighted by molar-refractivity contribution is 0.0454. The normalized spacial score (nSPS) is 23.4. The van der Waals surface area contributed by atoms with Gasteiger partial charge in [0.1, 0.15) is 17.5 Å². The second-order valence-corrected chi connectivity index (χ2v) is 8.34. The first kappa shape index (κ1) is 20.4. The van der Waals surface area contributed by atoms with Crippen molar-refractivity contribution in [2.45, 2.75) is 51.4 Å². The first-order valence-electron chi connectivity index (χ1n) is 9.65. The van der Waals surface area contributed by atoms with E-state index in [9.17, 15) is 14.0 Å². The van der Waals surface area contributed by atoms with E-state index < -0.39 is 17.8 Å². The molecule has 0 bridgehead atoms. The van der Waals surface area contributed by atoms with Crippen LogP contribution >= 0.6 is 0 Å². The van der Waals surface area contributed by atoms with Gasteiger partial charge in [-0.3, -0.25) is 9.80 Å². The number of cyclic esters (lactones) is 1. The van der Waals surface area contributed by atoms with Crippen molar-refractivity contribution in [3.8, 4) is 0 Å². The highest BCUT2D eigenvalue weighted by atomic mass is 19.1. The lowest BCUT2D eigenvalue weighted by atomic mass is 10.1. The van der Waals surface area contributed by atoms with Crippen LogP contribution in [0.25, 0.3) is 0 Å². The number of anilines is 1. The van der Waals surface area contributed by atoms with Crippen molar-refractivity contribution in [3.05, 3.63) is 30.1 Å². The third-order valence-electron chi connectivity index (χ3n) is 4.70. The van der Waals surface area contributed by atoms with Crippen LogP contribution in [0, 0.1) is 5.82 Å². The van der Waals surface area contributed by atoms with Gasteiger partial charge in [0.2, 0.25) is 0 Å². The first-order valence-corrected chi connectivity index (χ1v) is 9.65. The van der Waals surface area contributed by atoms with E-state index in [1.165, 1.54) is 17.0 Å². The number of ether oxygens (including phenoxy) is 2. The third-order valence-corrected chi connectivity index (χ3v) is 4.70. The molecular formula is C20H28FN3O4. The van der Waals surface area contributed by atoms with E-state index >= 15 is 0 Å².